The Morgan fingerprint density at radius 3 is 2.55 bits per heavy atom. The molecule has 1 aliphatic heterocycles. The number of aryl methyl sites for hydroxylation is 1. The summed E-state index contributed by atoms with van der Waals surface area (Å²) in [6.07, 6.45) is 2.27. The molecule has 29 heavy (non-hydrogen) atoms. The average molecular weight is 414 g/mol. The molecule has 0 aliphatic carbocycles. The Morgan fingerprint density at radius 1 is 1.07 bits per heavy atom. The Bertz CT molecular complexity index is 999. The summed E-state index contributed by atoms with van der Waals surface area (Å²) in [5.41, 5.74) is 2.58. The summed E-state index contributed by atoms with van der Waals surface area (Å²) in [7, 11) is 0. The van der Waals surface area contributed by atoms with Gasteiger partial charge >= 0.3 is 0 Å². The first-order valence-electron chi connectivity index (χ1n) is 9.59. The third-order valence-corrected chi connectivity index (χ3v) is 5.53. The van der Waals surface area contributed by atoms with Gasteiger partial charge in [-0.05, 0) is 30.7 Å². The van der Waals surface area contributed by atoms with E-state index in [0.29, 0.717) is 37.2 Å². The van der Waals surface area contributed by atoms with Gasteiger partial charge in [0, 0.05) is 43.7 Å². The number of anilines is 1. The van der Waals surface area contributed by atoms with Crippen LogP contribution >= 0.6 is 11.6 Å². The highest BCUT2D eigenvalue weighted by atomic mass is 35.5. The zero-order valence-corrected chi connectivity index (χ0v) is 16.6. The number of hydrogen-bond acceptors (Lipinski definition) is 4. The topological polar surface area (TPSA) is 49.6 Å². The summed E-state index contributed by atoms with van der Waals surface area (Å²) in [4.78, 5) is 16.7. The molecule has 0 radical (unpaired) electrons. The highest BCUT2D eigenvalue weighted by Crippen LogP contribution is 2.27. The fraction of sp³-hybridized carbons (Fsp3) is 0.273. The average Bonchev–Trinajstić information content (AvgIpc) is 3.21. The third-order valence-electron chi connectivity index (χ3n) is 5.21. The largest absolute Gasteiger partial charge is 0.367 e. The first-order valence-corrected chi connectivity index (χ1v) is 9.96. The number of rotatable bonds is 5. The van der Waals surface area contributed by atoms with E-state index < -0.39 is 0 Å². The molecular weight excluding hydrogens is 393 g/mol. The predicted molar refractivity (Wildman–Crippen MR) is 110 cm³/mol. The predicted octanol–water partition coefficient (Wildman–Crippen LogP) is 4.42. The molecule has 2 aromatic carbocycles. The number of aromatic nitrogens is 1. The molecule has 7 heteroatoms. The first kappa shape index (κ1) is 19.5. The maximum Gasteiger partial charge on any atom is 0.223 e. The van der Waals surface area contributed by atoms with Crippen molar-refractivity contribution in [1.82, 2.24) is 10.1 Å². The molecule has 1 saturated heterocycles. The van der Waals surface area contributed by atoms with Crippen molar-refractivity contribution in [2.24, 2.45) is 0 Å². The van der Waals surface area contributed by atoms with Gasteiger partial charge in [0.25, 0.3) is 0 Å². The molecule has 0 N–H and O–H groups in total. The Labute approximate surface area is 173 Å². The van der Waals surface area contributed by atoms with E-state index in [1.54, 1.807) is 18.2 Å². The first-order chi connectivity index (χ1) is 14.1. The highest BCUT2D eigenvalue weighted by Gasteiger charge is 2.23. The second-order valence-electron chi connectivity index (χ2n) is 6.99. The number of amides is 1. The van der Waals surface area contributed by atoms with Gasteiger partial charge in [-0.25, -0.2) is 4.39 Å². The lowest BCUT2D eigenvalue weighted by Crippen LogP contribution is -2.48. The van der Waals surface area contributed by atoms with E-state index in [0.717, 1.165) is 29.4 Å². The molecule has 1 aromatic heterocycles. The molecule has 4 rings (SSSR count). The van der Waals surface area contributed by atoms with Gasteiger partial charge in [-0.1, -0.05) is 41.0 Å². The van der Waals surface area contributed by atoms with Gasteiger partial charge in [-0.3, -0.25) is 4.79 Å². The second kappa shape index (κ2) is 8.66. The monoisotopic (exact) mass is 413 g/mol. The minimum absolute atomic E-state index is 0.0736. The van der Waals surface area contributed by atoms with Crippen molar-refractivity contribution in [3.05, 3.63) is 71.2 Å². The van der Waals surface area contributed by atoms with Crippen LogP contribution in [-0.2, 0) is 11.2 Å². The van der Waals surface area contributed by atoms with Crippen LogP contribution in [0.4, 0.5) is 10.1 Å². The van der Waals surface area contributed by atoms with Crippen LogP contribution in [0.5, 0.6) is 0 Å². The van der Waals surface area contributed by atoms with Crippen LogP contribution in [0.25, 0.3) is 11.3 Å². The smallest absolute Gasteiger partial charge is 0.223 e. The van der Waals surface area contributed by atoms with Gasteiger partial charge < -0.3 is 14.3 Å². The normalized spacial score (nSPS) is 14.3. The van der Waals surface area contributed by atoms with E-state index in [9.17, 15) is 9.18 Å². The van der Waals surface area contributed by atoms with Crippen LogP contribution in [0.1, 0.15) is 12.0 Å². The molecule has 150 valence electrons. The fourth-order valence-corrected chi connectivity index (χ4v) is 3.87. The minimum Gasteiger partial charge on any atom is -0.367 e. The summed E-state index contributed by atoms with van der Waals surface area (Å²) in [6, 6.07) is 14.2. The minimum atomic E-state index is -0.357. The molecule has 1 amide bonds. The number of carbonyl (C=O) groups is 1. The van der Waals surface area contributed by atoms with Crippen molar-refractivity contribution in [3.63, 3.8) is 0 Å². The van der Waals surface area contributed by atoms with E-state index >= 15 is 0 Å². The van der Waals surface area contributed by atoms with Crippen molar-refractivity contribution in [2.45, 2.75) is 12.8 Å². The fourth-order valence-electron chi connectivity index (χ4n) is 3.61. The van der Waals surface area contributed by atoms with Crippen molar-refractivity contribution >= 4 is 23.2 Å². The second-order valence-corrected chi connectivity index (χ2v) is 7.39. The zero-order valence-electron chi connectivity index (χ0n) is 15.9. The van der Waals surface area contributed by atoms with E-state index in [4.69, 9.17) is 16.1 Å². The lowest BCUT2D eigenvalue weighted by Gasteiger charge is -2.36. The summed E-state index contributed by atoms with van der Waals surface area (Å²) >= 11 is 6.28. The van der Waals surface area contributed by atoms with Crippen LogP contribution < -0.4 is 4.90 Å². The summed E-state index contributed by atoms with van der Waals surface area (Å²) in [5, 5.41) is 4.65. The van der Waals surface area contributed by atoms with Gasteiger partial charge in [0.1, 0.15) is 17.8 Å². The summed E-state index contributed by atoms with van der Waals surface area (Å²) in [5.74, 6) is -0.283. The molecule has 2 heterocycles. The van der Waals surface area contributed by atoms with Gasteiger partial charge in [-0.2, -0.15) is 0 Å². The molecule has 0 bridgehead atoms. The molecule has 5 nitrogen and oxygen atoms in total. The van der Waals surface area contributed by atoms with Crippen LogP contribution in [0.15, 0.2) is 59.3 Å². The lowest BCUT2D eigenvalue weighted by molar-refractivity contribution is -0.131. The number of carbonyl (C=O) groups excluding carboxylic acids is 1. The molecule has 0 atom stereocenters. The maximum atomic E-state index is 14.1. The Morgan fingerprint density at radius 2 is 1.79 bits per heavy atom. The van der Waals surface area contributed by atoms with Crippen molar-refractivity contribution in [1.29, 1.82) is 0 Å². The number of halogens is 2. The van der Waals surface area contributed by atoms with E-state index in [-0.39, 0.29) is 11.7 Å². The number of nitrogens with zero attached hydrogens (tertiary/aromatic N) is 3. The Kier molecular flexibility index (Phi) is 5.81. The number of benzene rings is 2. The molecule has 0 spiro atoms. The van der Waals surface area contributed by atoms with Crippen molar-refractivity contribution in [3.8, 4) is 11.3 Å². The van der Waals surface area contributed by atoms with Crippen LogP contribution in [0.3, 0.4) is 0 Å². The summed E-state index contributed by atoms with van der Waals surface area (Å²) in [6.45, 7) is 2.77. The van der Waals surface area contributed by atoms with E-state index in [1.165, 1.54) is 12.3 Å². The zero-order chi connectivity index (χ0) is 20.2. The molecule has 1 aliphatic rings. The van der Waals surface area contributed by atoms with Crippen molar-refractivity contribution in [2.75, 3.05) is 31.1 Å². The van der Waals surface area contributed by atoms with Crippen LogP contribution in [0, 0.1) is 5.82 Å². The SMILES string of the molecule is O=C(CCc1conc1-c1ccccc1F)N1CCN(c2ccccc2Cl)CC1. The Balaban J connectivity index is 1.34. The number of hydrogen-bond donors (Lipinski definition) is 0. The van der Waals surface area contributed by atoms with Gasteiger partial charge in [0.05, 0.1) is 10.7 Å². The summed E-state index contributed by atoms with van der Waals surface area (Å²) < 4.78 is 19.1. The molecule has 0 saturated carbocycles. The molecular formula is C22H21ClFN3O2. The molecule has 0 unspecified atom stereocenters. The molecule has 1 fully saturated rings. The quantitative estimate of drug-likeness (QED) is 0.621. The van der Waals surface area contributed by atoms with Gasteiger partial charge in [-0.15, -0.1) is 0 Å². The highest BCUT2D eigenvalue weighted by molar-refractivity contribution is 6.33. The van der Waals surface area contributed by atoms with E-state index in [1.807, 2.05) is 29.2 Å². The van der Waals surface area contributed by atoms with Crippen LogP contribution in [0.2, 0.25) is 5.02 Å². The third kappa shape index (κ3) is 4.27. The molecule has 3 aromatic rings. The Hall–Kier alpha value is -2.86. The lowest BCUT2D eigenvalue weighted by atomic mass is 10.0. The van der Waals surface area contributed by atoms with Gasteiger partial charge in [0.15, 0.2) is 0 Å². The van der Waals surface area contributed by atoms with Crippen LogP contribution in [-0.4, -0.2) is 42.1 Å². The van der Waals surface area contributed by atoms with Crippen molar-refractivity contribution < 1.29 is 13.7 Å². The van der Waals surface area contributed by atoms with Gasteiger partial charge in [0.2, 0.25) is 5.91 Å². The number of para-hydroxylation sites is 1. The standard InChI is InChI=1S/C22H21ClFN3O2/c23-18-6-2-4-8-20(18)26-11-13-27(14-12-26)21(28)10-9-16-15-29-25-22(16)17-5-1-3-7-19(17)24/h1-8,15H,9-14H2. The number of piperazine rings is 1. The van der Waals surface area contributed by atoms with E-state index in [2.05, 4.69) is 10.1 Å². The maximum absolute atomic E-state index is 14.1.